The van der Waals surface area contributed by atoms with Gasteiger partial charge in [-0.1, -0.05) is 32.6 Å². The number of unbranched alkanes of at least 4 members (excludes halogenated alkanes) is 4. The van der Waals surface area contributed by atoms with Gasteiger partial charge in [-0.05, 0) is 6.42 Å². The standard InChI is InChI=1S/C23H39N3O17P2/c1-2-3-4-5-6-7-14(28)24-16-19(32)17(30)12(10-27)41-22(16)42-45(37,38)43-44(35,36)39-11-13-18(31)20(33)21(40-13)26-9-8-15(29)25-23(26)34/h8-9,12-13,16-22,27,30-33H,2-7,10-11H2,1H3,(H,24,28)(H,35,36)(H,37,38)(H,25,29,34)/t12-,13-,16-,17-,18-,19-,20-,21-,22-/m1/s1. The number of nitrogens with zero attached hydrogens (tertiary/aromatic N) is 1. The first-order chi connectivity index (χ1) is 21.1. The molecule has 0 bridgehead atoms. The van der Waals surface area contributed by atoms with Crippen molar-refractivity contribution in [3.05, 3.63) is 33.1 Å². The van der Waals surface area contributed by atoms with Gasteiger partial charge in [0.05, 0.1) is 13.2 Å². The van der Waals surface area contributed by atoms with Crippen LogP contribution in [0.25, 0.3) is 0 Å². The van der Waals surface area contributed by atoms with Gasteiger partial charge in [-0.25, -0.2) is 13.9 Å². The predicted molar refractivity (Wildman–Crippen MR) is 148 cm³/mol. The van der Waals surface area contributed by atoms with Crippen LogP contribution < -0.4 is 16.6 Å². The van der Waals surface area contributed by atoms with E-state index in [2.05, 4.69) is 14.2 Å². The van der Waals surface area contributed by atoms with Crippen LogP contribution in [0.2, 0.25) is 0 Å². The van der Waals surface area contributed by atoms with Crippen LogP contribution >= 0.6 is 15.6 Å². The molecule has 9 N–H and O–H groups in total. The van der Waals surface area contributed by atoms with Crippen molar-refractivity contribution >= 4 is 21.6 Å². The molecule has 11 atom stereocenters. The molecule has 0 radical (unpaired) electrons. The molecular formula is C23H39N3O17P2. The molecule has 2 aliphatic rings. The molecule has 2 aliphatic heterocycles. The van der Waals surface area contributed by atoms with Crippen molar-refractivity contribution in [3.8, 4) is 0 Å². The molecule has 0 aromatic carbocycles. The number of carbonyl (C=O) groups excluding carboxylic acids is 1. The number of nitrogens with one attached hydrogen (secondary N) is 2. The van der Waals surface area contributed by atoms with Gasteiger partial charge in [-0.2, -0.15) is 4.31 Å². The zero-order valence-electron chi connectivity index (χ0n) is 24.1. The van der Waals surface area contributed by atoms with Crippen LogP contribution in [-0.4, -0.2) is 113 Å². The fourth-order valence-corrected chi connectivity index (χ4v) is 6.83. The Labute approximate surface area is 255 Å². The SMILES string of the molecule is CCCCCCCC(=O)N[C@H]1[C@@H](OP(=O)(O)OP(=O)(O)OC[C@H]2O[C@@H](n3ccc(=O)[nH]c3=O)[C@H](O)[C@@H]2O)O[C@H](CO)[C@@H](O)[C@@H]1O. The summed E-state index contributed by atoms with van der Waals surface area (Å²) in [6.45, 7) is 0.0929. The normalized spacial score (nSPS) is 32.9. The van der Waals surface area contributed by atoms with Gasteiger partial charge in [0, 0.05) is 18.7 Å². The van der Waals surface area contributed by atoms with Crippen LogP contribution in [0.3, 0.4) is 0 Å². The predicted octanol–water partition coefficient (Wildman–Crippen LogP) is -2.31. The lowest BCUT2D eigenvalue weighted by molar-refractivity contribution is -0.248. The quantitative estimate of drug-likeness (QED) is 0.0650. The van der Waals surface area contributed by atoms with Gasteiger partial charge in [0.1, 0.15) is 42.7 Å². The summed E-state index contributed by atoms with van der Waals surface area (Å²) in [6.07, 6.45) is -8.98. The lowest BCUT2D eigenvalue weighted by Gasteiger charge is -2.42. The summed E-state index contributed by atoms with van der Waals surface area (Å²) in [7, 11) is -11.2. The molecule has 20 nitrogen and oxygen atoms in total. The van der Waals surface area contributed by atoms with E-state index in [1.807, 2.05) is 11.9 Å². The highest BCUT2D eigenvalue weighted by molar-refractivity contribution is 7.61. The molecule has 0 spiro atoms. The number of rotatable bonds is 16. The molecule has 45 heavy (non-hydrogen) atoms. The van der Waals surface area contributed by atoms with Crippen molar-refractivity contribution in [3.63, 3.8) is 0 Å². The van der Waals surface area contributed by atoms with Crippen molar-refractivity contribution < 1.29 is 72.1 Å². The van der Waals surface area contributed by atoms with Crippen molar-refractivity contribution in [2.24, 2.45) is 0 Å². The third-order valence-electron chi connectivity index (χ3n) is 7.02. The largest absolute Gasteiger partial charge is 0.483 e. The Morgan fingerprint density at radius 1 is 0.978 bits per heavy atom. The number of amides is 1. The van der Waals surface area contributed by atoms with E-state index in [1.54, 1.807) is 0 Å². The Balaban J connectivity index is 1.63. The number of carbonyl (C=O) groups is 1. The average Bonchev–Trinajstić information content (AvgIpc) is 3.23. The van der Waals surface area contributed by atoms with Gasteiger partial charge in [-0.3, -0.25) is 28.2 Å². The number of hydrogen-bond donors (Lipinski definition) is 9. The first-order valence-electron chi connectivity index (χ1n) is 14.0. The molecule has 3 rings (SSSR count). The van der Waals surface area contributed by atoms with Gasteiger partial charge in [0.15, 0.2) is 12.5 Å². The number of hydrogen-bond acceptors (Lipinski definition) is 15. The van der Waals surface area contributed by atoms with Gasteiger partial charge >= 0.3 is 21.3 Å². The van der Waals surface area contributed by atoms with Gasteiger partial charge in [-0.15, -0.1) is 0 Å². The third kappa shape index (κ3) is 10.3. The number of aliphatic hydroxyl groups excluding tert-OH is 5. The first-order valence-corrected chi connectivity index (χ1v) is 17.0. The van der Waals surface area contributed by atoms with Crippen LogP contribution in [0, 0.1) is 0 Å². The smallest absolute Gasteiger partial charge is 0.394 e. The molecule has 1 aromatic rings. The highest BCUT2D eigenvalue weighted by atomic mass is 31.3. The highest BCUT2D eigenvalue weighted by Crippen LogP contribution is 2.61. The maximum atomic E-state index is 12.7. The summed E-state index contributed by atoms with van der Waals surface area (Å²) in [4.78, 5) is 58.0. The van der Waals surface area contributed by atoms with Crippen LogP contribution in [0.4, 0.5) is 0 Å². The molecule has 2 unspecified atom stereocenters. The maximum Gasteiger partial charge on any atom is 0.483 e. The lowest BCUT2D eigenvalue weighted by atomic mass is 9.97. The molecule has 258 valence electrons. The van der Waals surface area contributed by atoms with E-state index >= 15 is 0 Å². The Morgan fingerprint density at radius 3 is 2.29 bits per heavy atom. The number of H-pyrrole nitrogens is 1. The second-order valence-electron chi connectivity index (χ2n) is 10.4. The number of phosphoric acid groups is 2. The van der Waals surface area contributed by atoms with E-state index in [9.17, 15) is 58.8 Å². The van der Waals surface area contributed by atoms with E-state index in [0.29, 0.717) is 6.42 Å². The van der Waals surface area contributed by atoms with Crippen LogP contribution in [0.5, 0.6) is 0 Å². The summed E-state index contributed by atoms with van der Waals surface area (Å²) < 4.78 is 50.2. The Morgan fingerprint density at radius 2 is 1.64 bits per heavy atom. The van der Waals surface area contributed by atoms with Crippen molar-refractivity contribution in [1.29, 1.82) is 0 Å². The van der Waals surface area contributed by atoms with Gasteiger partial charge < -0.3 is 50.1 Å². The summed E-state index contributed by atoms with van der Waals surface area (Å²) in [6, 6.07) is -0.753. The molecule has 3 heterocycles. The minimum Gasteiger partial charge on any atom is -0.394 e. The number of ether oxygens (including phenoxy) is 2. The number of phosphoric ester groups is 2. The van der Waals surface area contributed by atoms with E-state index < -0.39 is 101 Å². The van der Waals surface area contributed by atoms with E-state index in [4.69, 9.17) is 14.0 Å². The number of aromatic amines is 1. The topological polar surface area (TPSA) is 306 Å². The fraction of sp³-hybridized carbons (Fsp3) is 0.783. The molecule has 22 heteroatoms. The zero-order valence-corrected chi connectivity index (χ0v) is 25.9. The summed E-state index contributed by atoms with van der Waals surface area (Å²) in [5.74, 6) is -0.632. The summed E-state index contributed by atoms with van der Waals surface area (Å²) >= 11 is 0. The Hall–Kier alpha value is -1.87. The molecule has 1 amide bonds. The minimum absolute atomic E-state index is 0.00632. The minimum atomic E-state index is -5.66. The second kappa shape index (κ2) is 16.3. The van der Waals surface area contributed by atoms with Crippen molar-refractivity contribution in [2.75, 3.05) is 13.2 Å². The van der Waals surface area contributed by atoms with E-state index in [0.717, 1.165) is 42.5 Å². The van der Waals surface area contributed by atoms with E-state index in [-0.39, 0.29) is 6.42 Å². The Bertz CT molecular complexity index is 1340. The van der Waals surface area contributed by atoms with E-state index in [1.165, 1.54) is 0 Å². The monoisotopic (exact) mass is 691 g/mol. The van der Waals surface area contributed by atoms with Gasteiger partial charge in [0.25, 0.3) is 5.56 Å². The van der Waals surface area contributed by atoms with Crippen LogP contribution in [0.1, 0.15) is 51.7 Å². The molecule has 0 aliphatic carbocycles. The van der Waals surface area contributed by atoms with Crippen LogP contribution in [-0.2, 0) is 36.8 Å². The van der Waals surface area contributed by atoms with Crippen molar-refractivity contribution in [2.45, 2.75) is 101 Å². The average molecular weight is 692 g/mol. The number of aromatic nitrogens is 2. The fourth-order valence-electron chi connectivity index (χ4n) is 4.67. The second-order valence-corrected chi connectivity index (χ2v) is 13.4. The molecule has 2 fully saturated rings. The lowest BCUT2D eigenvalue weighted by Crippen LogP contribution is -2.64. The highest BCUT2D eigenvalue weighted by Gasteiger charge is 2.50. The summed E-state index contributed by atoms with van der Waals surface area (Å²) in [5, 5.41) is 53.1. The maximum absolute atomic E-state index is 12.7. The molecular weight excluding hydrogens is 652 g/mol. The first kappa shape index (κ1) is 37.6. The molecule has 1 aromatic heterocycles. The zero-order chi connectivity index (χ0) is 33.5. The Kier molecular flexibility index (Phi) is 13.6. The van der Waals surface area contributed by atoms with Crippen molar-refractivity contribution in [1.82, 2.24) is 14.9 Å². The number of aliphatic hydroxyl groups is 5. The van der Waals surface area contributed by atoms with Gasteiger partial charge in [0.2, 0.25) is 5.91 Å². The van der Waals surface area contributed by atoms with Crippen LogP contribution in [0.15, 0.2) is 21.9 Å². The summed E-state index contributed by atoms with van der Waals surface area (Å²) in [5.41, 5.74) is -1.75. The molecule has 0 saturated carbocycles. The third-order valence-corrected chi connectivity index (χ3v) is 9.62. The molecule has 2 saturated heterocycles.